The molecule has 0 saturated heterocycles. The number of nitrogens with zero attached hydrogens (tertiary/aromatic N) is 3. The zero-order chi connectivity index (χ0) is 19.1. The largest absolute Gasteiger partial charge is 0.544 e. The van der Waals surface area contributed by atoms with Gasteiger partial charge in [-0.2, -0.15) is 0 Å². The number of aromatic nitrogens is 4. The number of H-pyrrole nitrogens is 1. The zero-order valence-corrected chi connectivity index (χ0v) is 15.4. The summed E-state index contributed by atoms with van der Waals surface area (Å²) in [7, 11) is 0. The van der Waals surface area contributed by atoms with Crippen LogP contribution in [0, 0.1) is 6.92 Å². The number of carbonyl (C=O) groups is 1. The number of carboxylic acids is 1. The first-order valence-corrected chi connectivity index (χ1v) is 8.97. The smallest absolute Gasteiger partial charge is 0.260 e. The number of rotatable bonds is 3. The minimum atomic E-state index is -1.34. The summed E-state index contributed by atoms with van der Waals surface area (Å²) in [6.07, 6.45) is 3.09. The van der Waals surface area contributed by atoms with Crippen LogP contribution < -0.4 is 10.7 Å². The van der Waals surface area contributed by atoms with Gasteiger partial charge in [0.1, 0.15) is 4.83 Å². The number of para-hydroxylation sites is 2. The average Bonchev–Trinajstić information content (AvgIpc) is 2.99. The number of aromatic amines is 1. The third-order valence-corrected chi connectivity index (χ3v) is 5.41. The van der Waals surface area contributed by atoms with Crippen molar-refractivity contribution in [2.45, 2.75) is 6.92 Å². The quantitative estimate of drug-likeness (QED) is 0.567. The first-order valence-electron chi connectivity index (χ1n) is 7.78. The van der Waals surface area contributed by atoms with E-state index >= 15 is 0 Å². The van der Waals surface area contributed by atoms with Gasteiger partial charge in [0, 0.05) is 0 Å². The van der Waals surface area contributed by atoms with Gasteiger partial charge in [-0.05, 0) is 30.7 Å². The van der Waals surface area contributed by atoms with Crippen LogP contribution in [0.5, 0.6) is 0 Å². The highest BCUT2D eigenvalue weighted by atomic mass is 35.5. The lowest BCUT2D eigenvalue weighted by Gasteiger charge is -2.01. The molecule has 27 heavy (non-hydrogen) atoms. The van der Waals surface area contributed by atoms with Crippen molar-refractivity contribution in [3.8, 4) is 0 Å². The topological polar surface area (TPSA) is 112 Å². The van der Waals surface area contributed by atoms with E-state index in [1.54, 1.807) is 13.1 Å². The summed E-state index contributed by atoms with van der Waals surface area (Å²) in [5.41, 5.74) is 1.82. The molecule has 0 radical (unpaired) electrons. The molecular weight excluding hydrogens is 388 g/mol. The van der Waals surface area contributed by atoms with Crippen LogP contribution in [0.4, 0.5) is 0 Å². The van der Waals surface area contributed by atoms with Crippen LogP contribution in [0.2, 0.25) is 0 Å². The Balaban J connectivity index is 1.81. The number of aromatic carboxylic acids is 1. The number of carbonyl (C=O) groups excluding carboxylic acids is 1. The second-order valence-electron chi connectivity index (χ2n) is 5.71. The first kappa shape index (κ1) is 17.3. The normalized spacial score (nSPS) is 12.0. The Kier molecular flexibility index (Phi) is 4.21. The van der Waals surface area contributed by atoms with E-state index in [1.807, 2.05) is 24.3 Å². The van der Waals surface area contributed by atoms with Crippen LogP contribution in [0.15, 0.2) is 35.3 Å². The predicted molar refractivity (Wildman–Crippen MR) is 103 cm³/mol. The molecule has 9 heteroatoms. The standard InChI is InChI=1S/C18H11ClN4O3S/c1-8-13-16(24)22-15(23-17(13)27-14(8)18(25)26)10(19)6-9-7-20-11-4-2-3-5-12(11)21-9/h2-7H,1H3,(H,25,26)(H,22,23,24)/p-1/b10-6-. The van der Waals surface area contributed by atoms with E-state index in [-0.39, 0.29) is 26.0 Å². The molecule has 0 aliphatic heterocycles. The zero-order valence-electron chi connectivity index (χ0n) is 13.8. The predicted octanol–water partition coefficient (Wildman–Crippen LogP) is 2.34. The highest BCUT2D eigenvalue weighted by Crippen LogP contribution is 2.28. The van der Waals surface area contributed by atoms with E-state index in [0.29, 0.717) is 16.8 Å². The molecule has 0 atom stereocenters. The van der Waals surface area contributed by atoms with Gasteiger partial charge in [-0.15, -0.1) is 11.3 Å². The number of halogens is 1. The number of benzene rings is 1. The number of fused-ring (bicyclic) bond motifs is 2. The number of nitrogens with one attached hydrogen (secondary N) is 1. The van der Waals surface area contributed by atoms with Crippen molar-refractivity contribution in [3.05, 3.63) is 62.8 Å². The summed E-state index contributed by atoms with van der Waals surface area (Å²) in [4.78, 5) is 39.4. The van der Waals surface area contributed by atoms with E-state index in [4.69, 9.17) is 11.6 Å². The molecule has 1 aromatic carbocycles. The van der Waals surface area contributed by atoms with E-state index in [2.05, 4.69) is 19.9 Å². The Hall–Kier alpha value is -3.10. The molecule has 3 heterocycles. The summed E-state index contributed by atoms with van der Waals surface area (Å²) >= 11 is 7.19. The highest BCUT2D eigenvalue weighted by molar-refractivity contribution is 7.20. The minimum Gasteiger partial charge on any atom is -0.544 e. The van der Waals surface area contributed by atoms with Gasteiger partial charge < -0.3 is 14.9 Å². The molecule has 0 bridgehead atoms. The number of hydrogen-bond acceptors (Lipinski definition) is 7. The van der Waals surface area contributed by atoms with Crippen LogP contribution >= 0.6 is 22.9 Å². The molecule has 0 amide bonds. The van der Waals surface area contributed by atoms with E-state index in [1.165, 1.54) is 6.08 Å². The Labute approximate surface area is 161 Å². The lowest BCUT2D eigenvalue weighted by molar-refractivity contribution is -0.254. The summed E-state index contributed by atoms with van der Waals surface area (Å²) < 4.78 is 0. The average molecular weight is 398 g/mol. The second kappa shape index (κ2) is 6.57. The van der Waals surface area contributed by atoms with Crippen LogP contribution in [-0.2, 0) is 0 Å². The number of carboxylic acid groups (broad SMARTS) is 1. The molecule has 0 fully saturated rings. The van der Waals surface area contributed by atoms with Crippen molar-refractivity contribution in [2.24, 2.45) is 0 Å². The van der Waals surface area contributed by atoms with Crippen LogP contribution in [0.3, 0.4) is 0 Å². The maximum absolute atomic E-state index is 12.4. The first-order chi connectivity index (χ1) is 12.9. The Morgan fingerprint density at radius 2 is 2.00 bits per heavy atom. The fourth-order valence-electron chi connectivity index (χ4n) is 2.69. The van der Waals surface area contributed by atoms with Crippen molar-refractivity contribution < 1.29 is 9.90 Å². The fourth-order valence-corrected chi connectivity index (χ4v) is 3.91. The van der Waals surface area contributed by atoms with Crippen molar-refractivity contribution in [2.75, 3.05) is 0 Å². The lowest BCUT2D eigenvalue weighted by atomic mass is 10.2. The third-order valence-electron chi connectivity index (χ3n) is 3.95. The van der Waals surface area contributed by atoms with Gasteiger partial charge in [-0.3, -0.25) is 9.78 Å². The Morgan fingerprint density at radius 1 is 1.26 bits per heavy atom. The van der Waals surface area contributed by atoms with Gasteiger partial charge in [0.15, 0.2) is 5.82 Å². The van der Waals surface area contributed by atoms with Crippen LogP contribution in [0.25, 0.3) is 32.4 Å². The fraction of sp³-hybridized carbons (Fsp3) is 0.0556. The van der Waals surface area contributed by atoms with E-state index < -0.39 is 11.5 Å². The SMILES string of the molecule is Cc1c(C(=O)[O-])sc2nc(/C(Cl)=C/c3cnc4ccccc4n3)[nH]c(=O)c12. The highest BCUT2D eigenvalue weighted by Gasteiger charge is 2.16. The number of hydrogen-bond donors (Lipinski definition) is 1. The summed E-state index contributed by atoms with van der Waals surface area (Å²) in [6.45, 7) is 1.54. The van der Waals surface area contributed by atoms with Crippen molar-refractivity contribution >= 4 is 61.3 Å². The molecule has 4 rings (SSSR count). The van der Waals surface area contributed by atoms with Gasteiger partial charge in [0.05, 0.1) is 44.2 Å². The Morgan fingerprint density at radius 3 is 2.74 bits per heavy atom. The second-order valence-corrected chi connectivity index (χ2v) is 7.12. The number of aryl methyl sites for hydroxylation is 1. The molecule has 0 unspecified atom stereocenters. The molecule has 7 nitrogen and oxygen atoms in total. The van der Waals surface area contributed by atoms with Gasteiger partial charge in [-0.25, -0.2) is 9.97 Å². The summed E-state index contributed by atoms with van der Waals surface area (Å²) in [6, 6.07) is 7.40. The third kappa shape index (κ3) is 3.09. The Bertz CT molecular complexity index is 1310. The molecule has 4 aromatic rings. The summed E-state index contributed by atoms with van der Waals surface area (Å²) in [5.74, 6) is -1.22. The lowest BCUT2D eigenvalue weighted by Crippen LogP contribution is -2.21. The number of thiophene rings is 1. The van der Waals surface area contributed by atoms with Gasteiger partial charge in [0.2, 0.25) is 0 Å². The van der Waals surface area contributed by atoms with Crippen molar-refractivity contribution in [3.63, 3.8) is 0 Å². The maximum Gasteiger partial charge on any atom is 0.260 e. The molecular formula is C18H10ClN4O3S-. The molecule has 3 aromatic heterocycles. The van der Waals surface area contributed by atoms with Crippen molar-refractivity contribution in [1.82, 2.24) is 19.9 Å². The van der Waals surface area contributed by atoms with E-state index in [9.17, 15) is 14.7 Å². The monoisotopic (exact) mass is 397 g/mol. The molecule has 134 valence electrons. The molecule has 0 aliphatic carbocycles. The van der Waals surface area contributed by atoms with Crippen molar-refractivity contribution in [1.29, 1.82) is 0 Å². The van der Waals surface area contributed by atoms with Crippen LogP contribution in [0.1, 0.15) is 26.8 Å². The minimum absolute atomic E-state index is 0.0272. The molecule has 1 N–H and O–H groups in total. The van der Waals surface area contributed by atoms with Gasteiger partial charge >= 0.3 is 0 Å². The molecule has 0 saturated carbocycles. The molecule has 0 spiro atoms. The molecule has 0 aliphatic rings. The maximum atomic E-state index is 12.4. The van der Waals surface area contributed by atoms with Gasteiger partial charge in [0.25, 0.3) is 5.56 Å². The van der Waals surface area contributed by atoms with E-state index in [0.717, 1.165) is 16.9 Å². The van der Waals surface area contributed by atoms with Gasteiger partial charge in [-0.1, -0.05) is 23.7 Å². The summed E-state index contributed by atoms with van der Waals surface area (Å²) in [5, 5.41) is 11.5. The van der Waals surface area contributed by atoms with Crippen LogP contribution in [-0.4, -0.2) is 25.9 Å².